The summed E-state index contributed by atoms with van der Waals surface area (Å²) in [7, 11) is 1.80. The van der Waals surface area contributed by atoms with Crippen molar-refractivity contribution in [3.63, 3.8) is 0 Å². The van der Waals surface area contributed by atoms with Crippen LogP contribution in [0.4, 0.5) is 0 Å². The number of amidine groups is 1. The highest BCUT2D eigenvalue weighted by Crippen LogP contribution is 2.39. The number of rotatable bonds is 4. The van der Waals surface area contributed by atoms with Gasteiger partial charge in [0.2, 0.25) is 6.79 Å². The zero-order valence-electron chi connectivity index (χ0n) is 11.2. The third-order valence-corrected chi connectivity index (χ3v) is 3.16. The molecule has 1 aliphatic heterocycles. The molecule has 1 aromatic carbocycles. The predicted octanol–water partition coefficient (Wildman–Crippen LogP) is 1.64. The SMILES string of the molecule is Cn1cc(/C(N)=N/OCc2cc(Cl)c3c(c2)OCO3)cn1. The normalized spacial score (nSPS) is 13.5. The number of fused-ring (bicyclic) bond motifs is 1. The van der Waals surface area contributed by atoms with Crippen molar-refractivity contribution in [1.29, 1.82) is 0 Å². The van der Waals surface area contributed by atoms with Gasteiger partial charge < -0.3 is 20.0 Å². The molecule has 0 atom stereocenters. The third-order valence-electron chi connectivity index (χ3n) is 2.88. The molecule has 110 valence electrons. The van der Waals surface area contributed by atoms with Crippen molar-refractivity contribution < 1.29 is 14.3 Å². The lowest BCUT2D eigenvalue weighted by atomic mass is 10.2. The van der Waals surface area contributed by atoms with E-state index in [1.54, 1.807) is 36.3 Å². The summed E-state index contributed by atoms with van der Waals surface area (Å²) in [6.45, 7) is 0.392. The lowest BCUT2D eigenvalue weighted by Gasteiger charge is -2.04. The number of ether oxygens (including phenoxy) is 2. The van der Waals surface area contributed by atoms with Gasteiger partial charge in [-0.2, -0.15) is 5.10 Å². The minimum absolute atomic E-state index is 0.172. The van der Waals surface area contributed by atoms with Crippen molar-refractivity contribution in [3.05, 3.63) is 40.7 Å². The van der Waals surface area contributed by atoms with Gasteiger partial charge in [-0.15, -0.1) is 0 Å². The van der Waals surface area contributed by atoms with Gasteiger partial charge in [-0.1, -0.05) is 16.8 Å². The lowest BCUT2D eigenvalue weighted by Crippen LogP contribution is -2.13. The molecule has 2 aromatic rings. The van der Waals surface area contributed by atoms with Gasteiger partial charge in [0.25, 0.3) is 0 Å². The van der Waals surface area contributed by atoms with E-state index >= 15 is 0 Å². The van der Waals surface area contributed by atoms with Crippen LogP contribution in [-0.4, -0.2) is 22.4 Å². The highest BCUT2D eigenvalue weighted by atomic mass is 35.5. The Morgan fingerprint density at radius 3 is 3.14 bits per heavy atom. The smallest absolute Gasteiger partial charge is 0.231 e. The number of benzene rings is 1. The Hall–Kier alpha value is -2.41. The zero-order valence-corrected chi connectivity index (χ0v) is 12.0. The van der Waals surface area contributed by atoms with Crippen LogP contribution in [0.2, 0.25) is 5.02 Å². The Kier molecular flexibility index (Phi) is 3.57. The molecule has 2 N–H and O–H groups in total. The Bertz CT molecular complexity index is 699. The predicted molar refractivity (Wildman–Crippen MR) is 76.3 cm³/mol. The van der Waals surface area contributed by atoms with Gasteiger partial charge in [-0.05, 0) is 17.7 Å². The average Bonchev–Trinajstić information content (AvgIpc) is 3.07. The molecule has 1 aromatic heterocycles. The highest BCUT2D eigenvalue weighted by molar-refractivity contribution is 6.32. The standard InChI is InChI=1S/C13H13ClN4O3/c1-18-5-9(4-16-18)13(15)17-21-6-8-2-10(14)12-11(3-8)19-7-20-12/h2-5H,6-7H2,1H3,(H2,15,17). The highest BCUT2D eigenvalue weighted by Gasteiger charge is 2.18. The van der Waals surface area contributed by atoms with Gasteiger partial charge in [-0.3, -0.25) is 4.68 Å². The second-order valence-electron chi connectivity index (χ2n) is 4.46. The summed E-state index contributed by atoms with van der Waals surface area (Å²) in [6, 6.07) is 3.54. The van der Waals surface area contributed by atoms with Gasteiger partial charge in [0.05, 0.1) is 16.8 Å². The average molecular weight is 309 g/mol. The number of hydrogen-bond donors (Lipinski definition) is 1. The maximum Gasteiger partial charge on any atom is 0.231 e. The molecule has 0 bridgehead atoms. The minimum Gasteiger partial charge on any atom is -0.454 e. The molecular formula is C13H13ClN4O3. The van der Waals surface area contributed by atoms with Gasteiger partial charge in [0.1, 0.15) is 6.61 Å². The van der Waals surface area contributed by atoms with E-state index in [-0.39, 0.29) is 19.2 Å². The van der Waals surface area contributed by atoms with E-state index in [0.29, 0.717) is 22.1 Å². The summed E-state index contributed by atoms with van der Waals surface area (Å²) in [5.74, 6) is 1.42. The van der Waals surface area contributed by atoms with E-state index in [4.69, 9.17) is 31.6 Å². The van der Waals surface area contributed by atoms with E-state index in [1.807, 2.05) is 0 Å². The van der Waals surface area contributed by atoms with Crippen LogP contribution in [0.15, 0.2) is 29.7 Å². The molecule has 3 rings (SSSR count). The fourth-order valence-electron chi connectivity index (χ4n) is 1.89. The molecule has 0 spiro atoms. The van der Waals surface area contributed by atoms with Crippen molar-refractivity contribution in [1.82, 2.24) is 9.78 Å². The van der Waals surface area contributed by atoms with E-state index < -0.39 is 0 Å². The largest absolute Gasteiger partial charge is 0.454 e. The molecule has 0 amide bonds. The molecule has 0 saturated heterocycles. The molecule has 0 unspecified atom stereocenters. The van der Waals surface area contributed by atoms with Crippen LogP contribution in [0.3, 0.4) is 0 Å². The maximum atomic E-state index is 6.08. The van der Waals surface area contributed by atoms with Crippen molar-refractivity contribution in [2.75, 3.05) is 6.79 Å². The van der Waals surface area contributed by atoms with Crippen LogP contribution in [0.25, 0.3) is 0 Å². The molecule has 0 radical (unpaired) electrons. The summed E-state index contributed by atoms with van der Waals surface area (Å²) in [5.41, 5.74) is 7.30. The van der Waals surface area contributed by atoms with Crippen LogP contribution in [-0.2, 0) is 18.5 Å². The number of oxime groups is 1. The first-order valence-electron chi connectivity index (χ1n) is 6.16. The second kappa shape index (κ2) is 5.53. The van der Waals surface area contributed by atoms with Gasteiger partial charge in [0.15, 0.2) is 17.3 Å². The Morgan fingerprint density at radius 2 is 2.38 bits per heavy atom. The van der Waals surface area contributed by atoms with Gasteiger partial charge >= 0.3 is 0 Å². The van der Waals surface area contributed by atoms with E-state index in [1.165, 1.54) is 0 Å². The Morgan fingerprint density at radius 1 is 1.52 bits per heavy atom. The van der Waals surface area contributed by atoms with E-state index in [0.717, 1.165) is 5.56 Å². The van der Waals surface area contributed by atoms with Gasteiger partial charge in [-0.25, -0.2) is 0 Å². The van der Waals surface area contributed by atoms with Crippen LogP contribution >= 0.6 is 11.6 Å². The quantitative estimate of drug-likeness (QED) is 0.527. The molecule has 8 heteroatoms. The van der Waals surface area contributed by atoms with E-state index in [9.17, 15) is 0 Å². The molecule has 21 heavy (non-hydrogen) atoms. The summed E-state index contributed by atoms with van der Waals surface area (Å²) in [5, 5.41) is 8.34. The van der Waals surface area contributed by atoms with Crippen LogP contribution in [0.1, 0.15) is 11.1 Å². The van der Waals surface area contributed by atoms with Crippen molar-refractivity contribution in [2.45, 2.75) is 6.61 Å². The van der Waals surface area contributed by atoms with Crippen LogP contribution in [0, 0.1) is 0 Å². The number of aromatic nitrogens is 2. The minimum atomic E-state index is 0.172. The summed E-state index contributed by atoms with van der Waals surface area (Å²) in [6.07, 6.45) is 3.36. The summed E-state index contributed by atoms with van der Waals surface area (Å²) < 4.78 is 12.2. The fourth-order valence-corrected chi connectivity index (χ4v) is 2.17. The molecule has 0 saturated carbocycles. The Balaban J connectivity index is 1.67. The molecule has 0 aliphatic carbocycles. The van der Waals surface area contributed by atoms with Crippen molar-refractivity contribution >= 4 is 17.4 Å². The van der Waals surface area contributed by atoms with Crippen molar-refractivity contribution in [3.8, 4) is 11.5 Å². The first-order valence-corrected chi connectivity index (χ1v) is 6.54. The van der Waals surface area contributed by atoms with Gasteiger partial charge in [0, 0.05) is 13.2 Å². The van der Waals surface area contributed by atoms with Crippen LogP contribution < -0.4 is 15.2 Å². The first kappa shape index (κ1) is 13.6. The van der Waals surface area contributed by atoms with Crippen LogP contribution in [0.5, 0.6) is 11.5 Å². The number of halogens is 1. The third kappa shape index (κ3) is 2.87. The molecule has 0 fully saturated rings. The molecule has 2 heterocycles. The lowest BCUT2D eigenvalue weighted by molar-refractivity contribution is 0.130. The van der Waals surface area contributed by atoms with E-state index in [2.05, 4.69) is 10.3 Å². The summed E-state index contributed by atoms with van der Waals surface area (Å²) in [4.78, 5) is 5.23. The number of nitrogens with two attached hydrogens (primary N) is 1. The second-order valence-corrected chi connectivity index (χ2v) is 4.87. The topological polar surface area (TPSA) is 83.9 Å². The molecule has 1 aliphatic rings. The monoisotopic (exact) mass is 308 g/mol. The number of nitrogens with zero attached hydrogens (tertiary/aromatic N) is 3. The molecular weight excluding hydrogens is 296 g/mol. The molecule has 7 nitrogen and oxygen atoms in total. The summed E-state index contributed by atoms with van der Waals surface area (Å²) >= 11 is 6.08. The first-order chi connectivity index (χ1) is 10.1. The maximum absolute atomic E-state index is 6.08. The fraction of sp³-hybridized carbons (Fsp3) is 0.231. The Labute approximate surface area is 125 Å². The number of hydrogen-bond acceptors (Lipinski definition) is 5. The zero-order chi connectivity index (χ0) is 14.8. The number of aryl methyl sites for hydroxylation is 1. The van der Waals surface area contributed by atoms with Crippen molar-refractivity contribution in [2.24, 2.45) is 17.9 Å².